The molecule has 24 heavy (non-hydrogen) atoms. The molecule has 0 saturated heterocycles. The Morgan fingerprint density at radius 2 is 2.04 bits per heavy atom. The summed E-state index contributed by atoms with van der Waals surface area (Å²) in [6.45, 7) is 0.680. The van der Waals surface area contributed by atoms with Gasteiger partial charge in [-0.1, -0.05) is 30.3 Å². The number of nitrogens with zero attached hydrogens (tertiary/aromatic N) is 3. The normalized spacial score (nSPS) is 17.2. The lowest BCUT2D eigenvalue weighted by Gasteiger charge is -2.33. The van der Waals surface area contributed by atoms with E-state index in [4.69, 9.17) is 0 Å². The second kappa shape index (κ2) is 6.21. The van der Waals surface area contributed by atoms with Crippen molar-refractivity contribution >= 4 is 5.65 Å². The number of benzene rings is 1. The summed E-state index contributed by atoms with van der Waals surface area (Å²) in [4.78, 5) is 19.2. The largest absolute Gasteiger partial charge is 0.294 e. The molecule has 0 spiro atoms. The van der Waals surface area contributed by atoms with Crippen molar-refractivity contribution in [1.29, 1.82) is 0 Å². The van der Waals surface area contributed by atoms with E-state index in [1.54, 1.807) is 16.7 Å². The van der Waals surface area contributed by atoms with Crippen LogP contribution in [0.5, 0.6) is 0 Å². The quantitative estimate of drug-likeness (QED) is 0.744. The van der Waals surface area contributed by atoms with Crippen LogP contribution in [0.3, 0.4) is 0 Å². The zero-order chi connectivity index (χ0) is 16.5. The Hall–Kier alpha value is -2.46. The summed E-state index contributed by atoms with van der Waals surface area (Å²) in [7, 11) is 2.13. The van der Waals surface area contributed by atoms with Gasteiger partial charge in [-0.25, -0.2) is 4.98 Å². The lowest BCUT2D eigenvalue weighted by molar-refractivity contribution is 0.211. The van der Waals surface area contributed by atoms with E-state index in [2.05, 4.69) is 41.2 Å². The van der Waals surface area contributed by atoms with Crippen molar-refractivity contribution in [2.45, 2.75) is 31.8 Å². The van der Waals surface area contributed by atoms with Gasteiger partial charge in [0.2, 0.25) is 0 Å². The smallest absolute Gasteiger partial charge is 0.258 e. The Bertz CT molecular complexity index is 931. The van der Waals surface area contributed by atoms with Gasteiger partial charge in [0.05, 0.1) is 5.69 Å². The molecule has 1 aliphatic rings. The molecular formula is C20H21N3O. The van der Waals surface area contributed by atoms with Crippen molar-refractivity contribution < 1.29 is 0 Å². The Labute approximate surface area is 141 Å². The zero-order valence-corrected chi connectivity index (χ0v) is 13.9. The molecule has 122 valence electrons. The van der Waals surface area contributed by atoms with E-state index in [9.17, 15) is 4.79 Å². The molecular weight excluding hydrogens is 298 g/mol. The summed E-state index contributed by atoms with van der Waals surface area (Å²) in [6.07, 6.45) is 5.28. The Morgan fingerprint density at radius 3 is 2.96 bits per heavy atom. The van der Waals surface area contributed by atoms with Gasteiger partial charge in [0.25, 0.3) is 5.56 Å². The summed E-state index contributed by atoms with van der Waals surface area (Å²) in [5.74, 6) is 0. The van der Waals surface area contributed by atoms with Crippen LogP contribution in [0.2, 0.25) is 0 Å². The lowest BCUT2D eigenvalue weighted by Crippen LogP contribution is -2.28. The van der Waals surface area contributed by atoms with E-state index in [1.807, 2.05) is 18.2 Å². The first-order chi connectivity index (χ1) is 11.7. The van der Waals surface area contributed by atoms with Crippen molar-refractivity contribution in [2.75, 3.05) is 7.05 Å². The molecule has 0 radical (unpaired) electrons. The van der Waals surface area contributed by atoms with Gasteiger partial charge in [0, 0.05) is 24.8 Å². The minimum atomic E-state index is -0.0203. The maximum Gasteiger partial charge on any atom is 0.258 e. The summed E-state index contributed by atoms with van der Waals surface area (Å²) >= 11 is 0. The number of hydrogen-bond donors (Lipinski definition) is 0. The summed E-state index contributed by atoms with van der Waals surface area (Å²) in [5, 5.41) is 0. The molecule has 0 aliphatic heterocycles. The number of fused-ring (bicyclic) bond motifs is 2. The average molecular weight is 319 g/mol. The molecule has 1 aromatic carbocycles. The van der Waals surface area contributed by atoms with Crippen LogP contribution in [0.4, 0.5) is 0 Å². The third kappa shape index (κ3) is 2.74. The van der Waals surface area contributed by atoms with E-state index < -0.39 is 0 Å². The van der Waals surface area contributed by atoms with Crippen LogP contribution >= 0.6 is 0 Å². The maximum absolute atomic E-state index is 12.3. The van der Waals surface area contributed by atoms with Gasteiger partial charge in [-0.2, -0.15) is 0 Å². The standard InChI is InChI=1S/C20H21N3O/c1-22(18-10-6-8-15-7-2-3-9-17(15)18)14-16-13-20(24)23-12-5-4-11-19(23)21-16/h2-5,7,9,11-13,18H,6,8,10,14H2,1H3/t18-/m1/s1. The molecule has 4 nitrogen and oxygen atoms in total. The number of rotatable bonds is 3. The maximum atomic E-state index is 12.3. The van der Waals surface area contributed by atoms with Gasteiger partial charge in [0.1, 0.15) is 5.65 Å². The van der Waals surface area contributed by atoms with E-state index >= 15 is 0 Å². The lowest BCUT2D eigenvalue weighted by atomic mass is 9.87. The first-order valence-electron chi connectivity index (χ1n) is 8.48. The highest BCUT2D eigenvalue weighted by molar-refractivity contribution is 5.38. The van der Waals surface area contributed by atoms with E-state index in [0.29, 0.717) is 18.2 Å². The molecule has 2 aromatic heterocycles. The highest BCUT2D eigenvalue weighted by Crippen LogP contribution is 2.33. The van der Waals surface area contributed by atoms with Crippen LogP contribution in [-0.4, -0.2) is 21.3 Å². The number of aryl methyl sites for hydroxylation is 1. The van der Waals surface area contributed by atoms with Gasteiger partial charge in [0.15, 0.2) is 0 Å². The third-order valence-electron chi connectivity index (χ3n) is 4.91. The molecule has 0 N–H and O–H groups in total. The van der Waals surface area contributed by atoms with Gasteiger partial charge in [-0.05, 0) is 49.6 Å². The van der Waals surface area contributed by atoms with Crippen LogP contribution in [-0.2, 0) is 13.0 Å². The fraction of sp³-hybridized carbons (Fsp3) is 0.300. The van der Waals surface area contributed by atoms with Gasteiger partial charge in [-0.15, -0.1) is 0 Å². The van der Waals surface area contributed by atoms with Gasteiger partial charge in [-0.3, -0.25) is 14.1 Å². The second-order valence-electron chi connectivity index (χ2n) is 6.54. The van der Waals surface area contributed by atoms with Crippen molar-refractivity contribution in [2.24, 2.45) is 0 Å². The molecule has 1 aliphatic carbocycles. The molecule has 4 heteroatoms. The topological polar surface area (TPSA) is 37.6 Å². The second-order valence-corrected chi connectivity index (χ2v) is 6.54. The molecule has 0 bridgehead atoms. The molecule has 2 heterocycles. The van der Waals surface area contributed by atoms with Gasteiger partial charge < -0.3 is 0 Å². The van der Waals surface area contributed by atoms with Crippen molar-refractivity contribution in [3.05, 3.63) is 81.9 Å². The molecule has 0 fully saturated rings. The third-order valence-corrected chi connectivity index (χ3v) is 4.91. The summed E-state index contributed by atoms with van der Waals surface area (Å²) in [6, 6.07) is 16.4. The highest BCUT2D eigenvalue weighted by atomic mass is 16.1. The molecule has 0 saturated carbocycles. The fourth-order valence-corrected chi connectivity index (χ4v) is 3.74. The predicted octanol–water partition coefficient (Wildman–Crippen LogP) is 3.20. The van der Waals surface area contributed by atoms with Crippen molar-refractivity contribution in [3.63, 3.8) is 0 Å². The zero-order valence-electron chi connectivity index (χ0n) is 13.9. The first-order valence-corrected chi connectivity index (χ1v) is 8.48. The minimum absolute atomic E-state index is 0.0203. The highest BCUT2D eigenvalue weighted by Gasteiger charge is 2.23. The monoisotopic (exact) mass is 319 g/mol. The summed E-state index contributed by atoms with van der Waals surface area (Å²) in [5.41, 5.74) is 4.39. The molecule has 1 atom stereocenters. The van der Waals surface area contributed by atoms with E-state index in [0.717, 1.165) is 18.5 Å². The van der Waals surface area contributed by atoms with Crippen LogP contribution in [0.15, 0.2) is 59.5 Å². The van der Waals surface area contributed by atoms with E-state index in [-0.39, 0.29) is 5.56 Å². The van der Waals surface area contributed by atoms with Crippen LogP contribution in [0, 0.1) is 0 Å². The fourth-order valence-electron chi connectivity index (χ4n) is 3.74. The first kappa shape index (κ1) is 15.1. The molecule has 0 amide bonds. The van der Waals surface area contributed by atoms with Crippen LogP contribution in [0.1, 0.15) is 35.7 Å². The summed E-state index contributed by atoms with van der Waals surface area (Å²) < 4.78 is 1.58. The Morgan fingerprint density at radius 1 is 1.21 bits per heavy atom. The Kier molecular flexibility index (Phi) is 3.90. The van der Waals surface area contributed by atoms with Crippen LogP contribution < -0.4 is 5.56 Å². The van der Waals surface area contributed by atoms with Crippen LogP contribution in [0.25, 0.3) is 5.65 Å². The molecule has 3 aromatic rings. The van der Waals surface area contributed by atoms with Gasteiger partial charge >= 0.3 is 0 Å². The average Bonchev–Trinajstić information content (AvgIpc) is 2.61. The van der Waals surface area contributed by atoms with E-state index in [1.165, 1.54) is 17.5 Å². The van der Waals surface area contributed by atoms with Crippen molar-refractivity contribution in [3.8, 4) is 0 Å². The molecule has 0 unspecified atom stereocenters. The Balaban J connectivity index is 1.63. The number of hydrogen-bond acceptors (Lipinski definition) is 3. The predicted molar refractivity (Wildman–Crippen MR) is 95.1 cm³/mol. The van der Waals surface area contributed by atoms with Crippen molar-refractivity contribution in [1.82, 2.24) is 14.3 Å². The number of aromatic nitrogens is 2. The number of pyridine rings is 1. The SMILES string of the molecule is CN(Cc1cc(=O)n2ccccc2n1)[C@@H]1CCCc2ccccc21. The minimum Gasteiger partial charge on any atom is -0.294 e. The molecule has 4 rings (SSSR count).